The molecule has 0 aromatic carbocycles. The van der Waals surface area contributed by atoms with Crippen LogP contribution in [0.4, 0.5) is 0 Å². The van der Waals surface area contributed by atoms with Gasteiger partial charge in [-0.3, -0.25) is 0 Å². The van der Waals surface area contributed by atoms with Crippen molar-refractivity contribution >= 4 is 0 Å². The molecule has 0 aromatic rings. The number of hydrogen-bond donors (Lipinski definition) is 6. The van der Waals surface area contributed by atoms with E-state index in [1.165, 1.54) is 19.6 Å². The number of nitrogens with zero attached hydrogens (tertiary/aromatic N) is 1. The SMILES string of the molecule is C1COCCN1.CCN(CC)CC.NCCNCCNCCNCCN. The highest BCUT2D eigenvalue weighted by Gasteiger charge is 1.93. The van der Waals surface area contributed by atoms with Crippen LogP contribution in [0.25, 0.3) is 0 Å². The van der Waals surface area contributed by atoms with Crippen LogP contribution in [-0.2, 0) is 4.74 Å². The summed E-state index contributed by atoms with van der Waals surface area (Å²) in [5.74, 6) is 0. The zero-order valence-electron chi connectivity index (χ0n) is 17.6. The molecule has 0 aromatic heterocycles. The first-order chi connectivity index (χ1) is 12.8. The van der Waals surface area contributed by atoms with E-state index in [4.69, 9.17) is 16.2 Å². The number of ether oxygens (including phenoxy) is 1. The van der Waals surface area contributed by atoms with Crippen LogP contribution in [-0.4, -0.2) is 103 Å². The summed E-state index contributed by atoms with van der Waals surface area (Å²) in [5.41, 5.74) is 10.6. The maximum Gasteiger partial charge on any atom is 0.0591 e. The molecule has 0 unspecified atom stereocenters. The minimum absolute atomic E-state index is 0.706. The van der Waals surface area contributed by atoms with Gasteiger partial charge in [-0.25, -0.2) is 0 Å². The summed E-state index contributed by atoms with van der Waals surface area (Å²) in [6.07, 6.45) is 0. The van der Waals surface area contributed by atoms with Gasteiger partial charge in [0.25, 0.3) is 0 Å². The standard InChI is InChI=1S/C8H23N5.C6H15N.C4H9NO/c9-1-3-11-5-7-13-8-6-12-4-2-10;1-4-7(5-2)6-3;1-3-6-4-2-5-1/h11-13H,1-10H2;4-6H2,1-3H3;5H,1-4H2. The molecule has 0 aliphatic carbocycles. The van der Waals surface area contributed by atoms with Crippen molar-refractivity contribution in [3.8, 4) is 0 Å². The van der Waals surface area contributed by atoms with Crippen molar-refractivity contribution in [2.45, 2.75) is 20.8 Å². The Morgan fingerprint density at radius 1 is 0.731 bits per heavy atom. The van der Waals surface area contributed by atoms with Crippen LogP contribution in [0.15, 0.2) is 0 Å². The number of nitrogens with two attached hydrogens (primary N) is 2. The van der Waals surface area contributed by atoms with E-state index in [0.717, 1.165) is 65.6 Å². The average Bonchev–Trinajstić information content (AvgIpc) is 2.70. The van der Waals surface area contributed by atoms with E-state index in [0.29, 0.717) is 13.1 Å². The van der Waals surface area contributed by atoms with Gasteiger partial charge in [-0.1, -0.05) is 20.8 Å². The predicted octanol–water partition coefficient (Wildman–Crippen LogP) is -1.37. The second-order valence-electron chi connectivity index (χ2n) is 5.81. The molecule has 0 bridgehead atoms. The fourth-order valence-corrected chi connectivity index (χ4v) is 2.12. The molecule has 0 radical (unpaired) electrons. The van der Waals surface area contributed by atoms with E-state index in [1.807, 2.05) is 0 Å². The van der Waals surface area contributed by atoms with Crippen LogP contribution in [0.2, 0.25) is 0 Å². The highest BCUT2D eigenvalue weighted by Crippen LogP contribution is 1.81. The third-order valence-corrected chi connectivity index (χ3v) is 3.79. The quantitative estimate of drug-likeness (QED) is 0.218. The lowest BCUT2D eigenvalue weighted by molar-refractivity contribution is 0.109. The molecule has 8 N–H and O–H groups in total. The van der Waals surface area contributed by atoms with Gasteiger partial charge in [0.1, 0.15) is 0 Å². The lowest BCUT2D eigenvalue weighted by Crippen LogP contribution is -2.35. The summed E-state index contributed by atoms with van der Waals surface area (Å²) in [6.45, 7) is 21.1. The largest absolute Gasteiger partial charge is 0.379 e. The van der Waals surface area contributed by atoms with Crippen molar-refractivity contribution in [1.29, 1.82) is 0 Å². The van der Waals surface area contributed by atoms with Crippen molar-refractivity contribution < 1.29 is 4.74 Å². The molecule has 0 atom stereocenters. The Balaban J connectivity index is 0. The van der Waals surface area contributed by atoms with E-state index >= 15 is 0 Å². The molecular weight excluding hydrogens is 330 g/mol. The second-order valence-corrected chi connectivity index (χ2v) is 5.81. The van der Waals surface area contributed by atoms with Crippen LogP contribution < -0.4 is 32.7 Å². The van der Waals surface area contributed by atoms with Crippen molar-refractivity contribution in [1.82, 2.24) is 26.2 Å². The Labute approximate surface area is 162 Å². The Kier molecular flexibility index (Phi) is 28.9. The molecule has 1 aliphatic heterocycles. The molecule has 0 saturated carbocycles. The van der Waals surface area contributed by atoms with Crippen LogP contribution in [0.3, 0.4) is 0 Å². The molecule has 1 saturated heterocycles. The molecule has 26 heavy (non-hydrogen) atoms. The molecule has 160 valence electrons. The summed E-state index contributed by atoms with van der Waals surface area (Å²) in [5, 5.41) is 12.9. The lowest BCUT2D eigenvalue weighted by Gasteiger charge is -2.13. The molecule has 0 amide bonds. The zero-order valence-corrected chi connectivity index (χ0v) is 17.6. The average molecular weight is 378 g/mol. The van der Waals surface area contributed by atoms with Gasteiger partial charge in [-0.05, 0) is 19.6 Å². The van der Waals surface area contributed by atoms with Gasteiger partial charge in [-0.2, -0.15) is 0 Å². The molecule has 8 heteroatoms. The van der Waals surface area contributed by atoms with Crippen LogP contribution >= 0.6 is 0 Å². The minimum atomic E-state index is 0.706. The van der Waals surface area contributed by atoms with Gasteiger partial charge in [-0.15, -0.1) is 0 Å². The van der Waals surface area contributed by atoms with Crippen molar-refractivity contribution in [2.24, 2.45) is 11.5 Å². The molecule has 1 fully saturated rings. The van der Waals surface area contributed by atoms with E-state index < -0.39 is 0 Å². The summed E-state index contributed by atoms with van der Waals surface area (Å²) in [4.78, 5) is 2.38. The molecular formula is C18H47N7O. The summed E-state index contributed by atoms with van der Waals surface area (Å²) >= 11 is 0. The van der Waals surface area contributed by atoms with E-state index in [-0.39, 0.29) is 0 Å². The van der Waals surface area contributed by atoms with Crippen LogP contribution in [0.5, 0.6) is 0 Å². The fourth-order valence-electron chi connectivity index (χ4n) is 2.12. The summed E-state index contributed by atoms with van der Waals surface area (Å²) in [6, 6.07) is 0. The third-order valence-electron chi connectivity index (χ3n) is 3.79. The molecule has 1 heterocycles. The van der Waals surface area contributed by atoms with Crippen LogP contribution in [0, 0.1) is 0 Å². The topological polar surface area (TPSA) is 113 Å². The molecule has 1 aliphatic rings. The highest BCUT2D eigenvalue weighted by molar-refractivity contribution is 4.55. The van der Waals surface area contributed by atoms with Gasteiger partial charge < -0.3 is 42.4 Å². The summed E-state index contributed by atoms with van der Waals surface area (Å²) < 4.78 is 5.01. The maximum atomic E-state index is 5.32. The van der Waals surface area contributed by atoms with Gasteiger partial charge in [0.2, 0.25) is 0 Å². The summed E-state index contributed by atoms with van der Waals surface area (Å²) in [7, 11) is 0. The second kappa shape index (κ2) is 26.9. The zero-order chi connectivity index (χ0) is 19.7. The number of morpholine rings is 1. The van der Waals surface area contributed by atoms with Crippen molar-refractivity contribution in [2.75, 3.05) is 98.3 Å². The highest BCUT2D eigenvalue weighted by atomic mass is 16.5. The minimum Gasteiger partial charge on any atom is -0.379 e. The predicted molar refractivity (Wildman–Crippen MR) is 114 cm³/mol. The fraction of sp³-hybridized carbons (Fsp3) is 1.00. The molecule has 0 spiro atoms. The van der Waals surface area contributed by atoms with Gasteiger partial charge in [0.05, 0.1) is 13.2 Å². The lowest BCUT2D eigenvalue weighted by atomic mass is 10.5. The normalized spacial score (nSPS) is 13.6. The van der Waals surface area contributed by atoms with Crippen LogP contribution in [0.1, 0.15) is 20.8 Å². The smallest absolute Gasteiger partial charge is 0.0591 e. The Morgan fingerprint density at radius 3 is 1.31 bits per heavy atom. The maximum absolute atomic E-state index is 5.32. The van der Waals surface area contributed by atoms with Gasteiger partial charge in [0.15, 0.2) is 0 Å². The van der Waals surface area contributed by atoms with Crippen molar-refractivity contribution in [3.63, 3.8) is 0 Å². The van der Waals surface area contributed by atoms with E-state index in [2.05, 4.69) is 46.9 Å². The number of hydrogen-bond acceptors (Lipinski definition) is 8. The van der Waals surface area contributed by atoms with Crippen molar-refractivity contribution in [3.05, 3.63) is 0 Å². The number of rotatable bonds is 13. The monoisotopic (exact) mass is 377 g/mol. The Bertz CT molecular complexity index is 201. The van der Waals surface area contributed by atoms with Gasteiger partial charge >= 0.3 is 0 Å². The molecule has 1 rings (SSSR count). The van der Waals surface area contributed by atoms with E-state index in [1.54, 1.807) is 0 Å². The Hall–Kier alpha value is -0.320. The first-order valence-electron chi connectivity index (χ1n) is 10.3. The number of nitrogens with one attached hydrogen (secondary N) is 4. The Morgan fingerprint density at radius 2 is 1.12 bits per heavy atom. The van der Waals surface area contributed by atoms with E-state index in [9.17, 15) is 0 Å². The first kappa shape index (κ1) is 27.9. The first-order valence-corrected chi connectivity index (χ1v) is 10.3. The molecule has 8 nitrogen and oxygen atoms in total. The third kappa shape index (κ3) is 25.9. The van der Waals surface area contributed by atoms with Gasteiger partial charge in [0, 0.05) is 65.4 Å².